The fourth-order valence-corrected chi connectivity index (χ4v) is 3.35. The number of rotatable bonds is 5. The Balaban J connectivity index is 1.85. The molecule has 1 fully saturated rings. The molecule has 21 heavy (non-hydrogen) atoms. The zero-order chi connectivity index (χ0) is 15.1. The fraction of sp³-hybridized carbons (Fsp3) is 0.750. The van der Waals surface area contributed by atoms with E-state index in [0.717, 1.165) is 32.1 Å². The molecule has 1 atom stereocenters. The molecule has 0 radical (unpaired) electrons. The lowest BCUT2D eigenvalue weighted by Gasteiger charge is -2.42. The molecule has 5 nitrogen and oxygen atoms in total. The molecule has 0 spiro atoms. The van der Waals surface area contributed by atoms with Crippen LogP contribution in [0.2, 0.25) is 0 Å². The molecular weight excluding hydrogens is 262 g/mol. The number of hydrogen-bond donors (Lipinski definition) is 1. The molecule has 1 aromatic rings. The number of guanidine groups is 1. The summed E-state index contributed by atoms with van der Waals surface area (Å²) in [4.78, 5) is 11.0. The highest BCUT2D eigenvalue weighted by Crippen LogP contribution is 2.33. The molecule has 1 saturated heterocycles. The molecule has 1 unspecified atom stereocenters. The summed E-state index contributed by atoms with van der Waals surface area (Å²) in [7, 11) is 1.88. The van der Waals surface area contributed by atoms with Crippen LogP contribution in [0.5, 0.6) is 0 Å². The highest BCUT2D eigenvalue weighted by molar-refractivity contribution is 5.80. The fourth-order valence-electron chi connectivity index (χ4n) is 3.35. The number of aromatic nitrogens is 2. The second-order valence-electron chi connectivity index (χ2n) is 6.36. The standard InChI is InChI=1S/C16H29N5/c1-4-6-16(2)7-5-10-21(13-16)15(17-3)19-9-12-20-11-8-18-14-20/h8,11,14H,4-7,9-10,12-13H2,1-3H3,(H,17,19). The summed E-state index contributed by atoms with van der Waals surface area (Å²) >= 11 is 0. The van der Waals surface area contributed by atoms with Gasteiger partial charge in [0, 0.05) is 45.6 Å². The number of aliphatic imine (C=N–C) groups is 1. The Morgan fingerprint density at radius 3 is 3.00 bits per heavy atom. The van der Waals surface area contributed by atoms with Crippen LogP contribution in [0.25, 0.3) is 0 Å². The predicted octanol–water partition coefficient (Wildman–Crippen LogP) is 2.36. The number of imidazole rings is 1. The number of nitrogens with zero attached hydrogens (tertiary/aromatic N) is 4. The van der Waals surface area contributed by atoms with Gasteiger partial charge in [-0.15, -0.1) is 0 Å². The Morgan fingerprint density at radius 2 is 2.33 bits per heavy atom. The number of piperidine rings is 1. The second kappa shape index (κ2) is 7.48. The number of nitrogens with one attached hydrogen (secondary N) is 1. The average molecular weight is 291 g/mol. The van der Waals surface area contributed by atoms with Crippen molar-refractivity contribution < 1.29 is 0 Å². The first-order chi connectivity index (χ1) is 10.2. The second-order valence-corrected chi connectivity index (χ2v) is 6.36. The van der Waals surface area contributed by atoms with Crippen molar-refractivity contribution >= 4 is 5.96 Å². The van der Waals surface area contributed by atoms with Crippen LogP contribution in [-0.2, 0) is 6.54 Å². The smallest absolute Gasteiger partial charge is 0.193 e. The zero-order valence-corrected chi connectivity index (χ0v) is 13.7. The van der Waals surface area contributed by atoms with E-state index in [1.165, 1.54) is 25.7 Å². The minimum Gasteiger partial charge on any atom is -0.354 e. The van der Waals surface area contributed by atoms with Crippen LogP contribution >= 0.6 is 0 Å². The summed E-state index contributed by atoms with van der Waals surface area (Å²) in [5, 5.41) is 3.48. The third-order valence-corrected chi connectivity index (χ3v) is 4.36. The highest BCUT2D eigenvalue weighted by Gasteiger charge is 2.31. The van der Waals surface area contributed by atoms with Crippen molar-refractivity contribution in [3.05, 3.63) is 18.7 Å². The van der Waals surface area contributed by atoms with Gasteiger partial charge in [0.1, 0.15) is 0 Å². The van der Waals surface area contributed by atoms with Gasteiger partial charge in [0.15, 0.2) is 5.96 Å². The maximum absolute atomic E-state index is 4.46. The van der Waals surface area contributed by atoms with Gasteiger partial charge in [0.2, 0.25) is 0 Å². The van der Waals surface area contributed by atoms with Crippen LogP contribution in [0.1, 0.15) is 39.5 Å². The van der Waals surface area contributed by atoms with Gasteiger partial charge in [-0.3, -0.25) is 4.99 Å². The van der Waals surface area contributed by atoms with Crippen LogP contribution in [0.3, 0.4) is 0 Å². The molecule has 1 N–H and O–H groups in total. The third kappa shape index (κ3) is 4.48. The van der Waals surface area contributed by atoms with E-state index in [1.54, 1.807) is 0 Å². The zero-order valence-electron chi connectivity index (χ0n) is 13.7. The highest BCUT2D eigenvalue weighted by atomic mass is 15.3. The van der Waals surface area contributed by atoms with E-state index in [9.17, 15) is 0 Å². The lowest BCUT2D eigenvalue weighted by Crippen LogP contribution is -2.50. The minimum absolute atomic E-state index is 0.439. The van der Waals surface area contributed by atoms with Crippen LogP contribution in [0.15, 0.2) is 23.7 Å². The van der Waals surface area contributed by atoms with Gasteiger partial charge in [-0.05, 0) is 24.7 Å². The van der Waals surface area contributed by atoms with Gasteiger partial charge >= 0.3 is 0 Å². The largest absolute Gasteiger partial charge is 0.354 e. The molecule has 1 aromatic heterocycles. The molecule has 1 aliphatic rings. The Morgan fingerprint density at radius 1 is 1.48 bits per heavy atom. The van der Waals surface area contributed by atoms with Gasteiger partial charge in [0.05, 0.1) is 6.33 Å². The molecule has 0 saturated carbocycles. The van der Waals surface area contributed by atoms with Gasteiger partial charge in [0.25, 0.3) is 0 Å². The first-order valence-corrected chi connectivity index (χ1v) is 8.08. The van der Waals surface area contributed by atoms with E-state index < -0.39 is 0 Å². The van der Waals surface area contributed by atoms with Crippen LogP contribution in [-0.4, -0.2) is 47.1 Å². The van der Waals surface area contributed by atoms with Crippen LogP contribution in [0, 0.1) is 5.41 Å². The van der Waals surface area contributed by atoms with Crippen molar-refractivity contribution in [2.75, 3.05) is 26.7 Å². The molecule has 5 heteroatoms. The van der Waals surface area contributed by atoms with Gasteiger partial charge < -0.3 is 14.8 Å². The van der Waals surface area contributed by atoms with E-state index in [2.05, 4.69) is 38.6 Å². The van der Waals surface area contributed by atoms with Crippen LogP contribution in [0.4, 0.5) is 0 Å². The summed E-state index contributed by atoms with van der Waals surface area (Å²) in [5.41, 5.74) is 0.439. The van der Waals surface area contributed by atoms with Crippen LogP contribution < -0.4 is 5.32 Å². The Kier molecular flexibility index (Phi) is 5.65. The van der Waals surface area contributed by atoms with Crippen molar-refractivity contribution in [1.82, 2.24) is 19.8 Å². The Bertz CT molecular complexity index is 436. The van der Waals surface area contributed by atoms with Crippen molar-refractivity contribution in [2.45, 2.75) is 46.1 Å². The van der Waals surface area contributed by atoms with Gasteiger partial charge in [-0.25, -0.2) is 4.98 Å². The molecule has 0 bridgehead atoms. The van der Waals surface area contributed by atoms with E-state index >= 15 is 0 Å². The quantitative estimate of drug-likeness (QED) is 0.669. The molecule has 1 aliphatic heterocycles. The molecular formula is C16H29N5. The lowest BCUT2D eigenvalue weighted by atomic mass is 9.78. The van der Waals surface area contributed by atoms with Crippen molar-refractivity contribution in [3.63, 3.8) is 0 Å². The molecule has 2 heterocycles. The van der Waals surface area contributed by atoms with Gasteiger partial charge in [-0.2, -0.15) is 0 Å². The monoisotopic (exact) mass is 291 g/mol. The maximum Gasteiger partial charge on any atom is 0.193 e. The summed E-state index contributed by atoms with van der Waals surface area (Å²) in [6.07, 6.45) is 10.8. The minimum atomic E-state index is 0.439. The SMILES string of the molecule is CCCC1(C)CCCN(C(=NC)NCCn2ccnc2)C1. The van der Waals surface area contributed by atoms with E-state index in [4.69, 9.17) is 0 Å². The number of likely N-dealkylation sites (tertiary alicyclic amines) is 1. The first kappa shape index (κ1) is 15.9. The maximum atomic E-state index is 4.46. The first-order valence-electron chi connectivity index (χ1n) is 8.08. The van der Waals surface area contributed by atoms with E-state index in [1.807, 2.05) is 25.8 Å². The molecule has 118 valence electrons. The third-order valence-electron chi connectivity index (χ3n) is 4.36. The molecule has 0 aliphatic carbocycles. The van der Waals surface area contributed by atoms with Gasteiger partial charge in [-0.1, -0.05) is 20.3 Å². The average Bonchev–Trinajstić information content (AvgIpc) is 2.97. The lowest BCUT2D eigenvalue weighted by molar-refractivity contribution is 0.142. The van der Waals surface area contributed by atoms with Crippen molar-refractivity contribution in [3.8, 4) is 0 Å². The Labute approximate surface area is 128 Å². The summed E-state index contributed by atoms with van der Waals surface area (Å²) in [6.45, 7) is 8.72. The molecule has 0 amide bonds. The topological polar surface area (TPSA) is 45.5 Å². The summed E-state index contributed by atoms with van der Waals surface area (Å²) < 4.78 is 2.08. The number of hydrogen-bond acceptors (Lipinski definition) is 2. The van der Waals surface area contributed by atoms with E-state index in [0.29, 0.717) is 5.41 Å². The molecule has 0 aromatic carbocycles. The summed E-state index contributed by atoms with van der Waals surface area (Å²) in [5.74, 6) is 1.04. The summed E-state index contributed by atoms with van der Waals surface area (Å²) in [6, 6.07) is 0. The Hall–Kier alpha value is -1.52. The molecule has 2 rings (SSSR count). The van der Waals surface area contributed by atoms with E-state index in [-0.39, 0.29) is 0 Å². The van der Waals surface area contributed by atoms with Crippen molar-refractivity contribution in [1.29, 1.82) is 0 Å². The van der Waals surface area contributed by atoms with Crippen molar-refractivity contribution in [2.24, 2.45) is 10.4 Å². The predicted molar refractivity (Wildman–Crippen MR) is 87.4 cm³/mol. The normalized spacial score (nSPS) is 23.4.